The second-order valence-corrected chi connectivity index (χ2v) is 9.49. The van der Waals surface area contributed by atoms with Crippen LogP contribution in [0.15, 0.2) is 71.1 Å². The molecule has 1 unspecified atom stereocenters. The Balaban J connectivity index is 0.000000325. The number of Topliss-reactive ketones (excluding diaryl/α,β-unsaturated/α-hetero) is 1. The van der Waals surface area contributed by atoms with Crippen molar-refractivity contribution in [3.63, 3.8) is 0 Å². The molecular weight excluding hydrogens is 456 g/mol. The Bertz CT molecular complexity index is 1180. The highest BCUT2D eigenvalue weighted by molar-refractivity contribution is 6.01. The molecule has 3 N–H and O–H groups in total. The predicted molar refractivity (Wildman–Crippen MR) is 138 cm³/mol. The highest BCUT2D eigenvalue weighted by Crippen LogP contribution is 2.41. The van der Waals surface area contributed by atoms with Crippen LogP contribution in [0, 0.1) is 6.92 Å². The maximum atomic E-state index is 12.9. The average molecular weight is 491 g/mol. The van der Waals surface area contributed by atoms with Crippen molar-refractivity contribution in [3.05, 3.63) is 82.2 Å². The lowest BCUT2D eigenvalue weighted by atomic mass is 9.78. The number of phenolic OH excluding ortho intramolecular Hbond substituents is 1. The first-order chi connectivity index (χ1) is 17.4. The van der Waals surface area contributed by atoms with Gasteiger partial charge in [0.2, 0.25) is 0 Å². The molecule has 0 amide bonds. The van der Waals surface area contributed by atoms with Gasteiger partial charge >= 0.3 is 5.97 Å². The Hall–Kier alpha value is -3.58. The minimum atomic E-state index is -0.315. The lowest BCUT2D eigenvalue weighted by Gasteiger charge is -2.32. The van der Waals surface area contributed by atoms with Gasteiger partial charge in [0.1, 0.15) is 17.6 Å². The zero-order chi connectivity index (χ0) is 25.7. The van der Waals surface area contributed by atoms with Crippen LogP contribution in [0.3, 0.4) is 0 Å². The summed E-state index contributed by atoms with van der Waals surface area (Å²) in [7, 11) is 1.65. The van der Waals surface area contributed by atoms with Crippen molar-refractivity contribution in [2.75, 3.05) is 20.2 Å². The van der Waals surface area contributed by atoms with Crippen LogP contribution in [-0.2, 0) is 14.3 Å². The van der Waals surface area contributed by atoms with E-state index in [0.29, 0.717) is 36.3 Å². The van der Waals surface area contributed by atoms with E-state index in [1.54, 1.807) is 19.2 Å². The molecule has 2 aliphatic heterocycles. The van der Waals surface area contributed by atoms with Gasteiger partial charge < -0.3 is 25.2 Å². The van der Waals surface area contributed by atoms with E-state index in [1.165, 1.54) is 0 Å². The molecule has 1 fully saturated rings. The molecule has 2 aromatic rings. The van der Waals surface area contributed by atoms with E-state index in [4.69, 9.17) is 14.6 Å². The van der Waals surface area contributed by atoms with E-state index < -0.39 is 0 Å². The van der Waals surface area contributed by atoms with Gasteiger partial charge in [-0.2, -0.15) is 0 Å². The smallest absolute Gasteiger partial charge is 0.336 e. The van der Waals surface area contributed by atoms with E-state index in [9.17, 15) is 9.59 Å². The number of para-hydroxylation sites is 1. The zero-order valence-electron chi connectivity index (χ0n) is 21.1. The maximum absolute atomic E-state index is 12.9. The third-order valence-electron chi connectivity index (χ3n) is 6.84. The van der Waals surface area contributed by atoms with Crippen LogP contribution in [0.1, 0.15) is 49.7 Å². The fourth-order valence-electron chi connectivity index (χ4n) is 4.93. The molecular formula is C29H34N2O5. The van der Waals surface area contributed by atoms with E-state index in [2.05, 4.69) is 10.6 Å². The van der Waals surface area contributed by atoms with Crippen molar-refractivity contribution in [2.24, 2.45) is 0 Å². The number of carbonyl (C=O) groups excluding carboxylic acids is 2. The van der Waals surface area contributed by atoms with Gasteiger partial charge in [0.25, 0.3) is 0 Å². The third-order valence-corrected chi connectivity index (χ3v) is 6.84. The van der Waals surface area contributed by atoms with Gasteiger partial charge in [-0.3, -0.25) is 4.79 Å². The fourth-order valence-corrected chi connectivity index (χ4v) is 4.93. The van der Waals surface area contributed by atoms with Gasteiger partial charge in [0.05, 0.1) is 12.7 Å². The summed E-state index contributed by atoms with van der Waals surface area (Å²) in [5.41, 5.74) is 5.12. The minimum absolute atomic E-state index is 0.0702. The molecule has 36 heavy (non-hydrogen) atoms. The highest BCUT2D eigenvalue weighted by atomic mass is 16.5. The maximum Gasteiger partial charge on any atom is 0.336 e. The lowest BCUT2D eigenvalue weighted by Crippen LogP contribution is -2.32. The van der Waals surface area contributed by atoms with E-state index in [0.717, 1.165) is 47.7 Å². The number of nitrogens with one attached hydrogen (secondary N) is 2. The number of benzene rings is 2. The van der Waals surface area contributed by atoms with Crippen molar-refractivity contribution in [1.82, 2.24) is 10.6 Å². The third kappa shape index (κ3) is 5.97. The Morgan fingerprint density at radius 2 is 1.89 bits per heavy atom. The molecule has 2 heterocycles. The Morgan fingerprint density at radius 3 is 2.56 bits per heavy atom. The number of dihydropyridines is 1. The van der Waals surface area contributed by atoms with E-state index >= 15 is 0 Å². The van der Waals surface area contributed by atoms with Crippen LogP contribution in [0.4, 0.5) is 0 Å². The lowest BCUT2D eigenvalue weighted by molar-refractivity contribution is -0.143. The number of esters is 1. The number of hydrogen-bond donors (Lipinski definition) is 3. The molecule has 2 aromatic carbocycles. The van der Waals surface area contributed by atoms with Crippen LogP contribution in [0.2, 0.25) is 0 Å². The number of aryl methyl sites for hydroxylation is 1. The van der Waals surface area contributed by atoms with Crippen LogP contribution < -0.4 is 15.4 Å². The molecule has 2 atom stereocenters. The number of hydrogen-bond acceptors (Lipinski definition) is 7. The summed E-state index contributed by atoms with van der Waals surface area (Å²) < 4.78 is 11.1. The topological polar surface area (TPSA) is 96.9 Å². The Morgan fingerprint density at radius 1 is 1.08 bits per heavy atom. The normalized spacial score (nSPS) is 21.2. The number of aromatic hydroxyl groups is 1. The minimum Gasteiger partial charge on any atom is -0.508 e. The first-order valence-electron chi connectivity index (χ1n) is 12.4. The molecule has 1 aliphatic carbocycles. The summed E-state index contributed by atoms with van der Waals surface area (Å²) in [6.45, 7) is 5.38. The Labute approximate surface area is 212 Å². The molecule has 7 nitrogen and oxygen atoms in total. The number of methoxy groups -OCH3 is 1. The average Bonchev–Trinajstić information content (AvgIpc) is 3.36. The van der Waals surface area contributed by atoms with Crippen molar-refractivity contribution >= 4 is 11.8 Å². The summed E-state index contributed by atoms with van der Waals surface area (Å²) in [5.74, 6) is 0.988. The largest absolute Gasteiger partial charge is 0.508 e. The van der Waals surface area contributed by atoms with E-state index in [1.807, 2.05) is 50.2 Å². The molecule has 0 aromatic heterocycles. The number of ether oxygens (including phenoxy) is 2. The van der Waals surface area contributed by atoms with Crippen molar-refractivity contribution in [1.29, 1.82) is 0 Å². The van der Waals surface area contributed by atoms with Gasteiger partial charge in [0, 0.05) is 42.3 Å². The van der Waals surface area contributed by atoms with Crippen molar-refractivity contribution in [2.45, 2.75) is 51.6 Å². The second-order valence-electron chi connectivity index (χ2n) is 9.49. The second kappa shape index (κ2) is 11.4. The van der Waals surface area contributed by atoms with Crippen LogP contribution >= 0.6 is 0 Å². The summed E-state index contributed by atoms with van der Waals surface area (Å²) in [4.78, 5) is 25.5. The van der Waals surface area contributed by atoms with Gasteiger partial charge in [-0.25, -0.2) is 4.79 Å². The molecule has 7 heteroatoms. The molecule has 5 rings (SSSR count). The van der Waals surface area contributed by atoms with Crippen molar-refractivity contribution in [3.8, 4) is 11.5 Å². The van der Waals surface area contributed by atoms with Crippen LogP contribution in [0.5, 0.6) is 11.5 Å². The van der Waals surface area contributed by atoms with Gasteiger partial charge in [0.15, 0.2) is 5.78 Å². The van der Waals surface area contributed by atoms with Crippen LogP contribution in [-0.4, -0.2) is 43.2 Å². The number of phenols is 1. The van der Waals surface area contributed by atoms with Gasteiger partial charge in [-0.1, -0.05) is 30.3 Å². The predicted octanol–water partition coefficient (Wildman–Crippen LogP) is 4.27. The molecule has 3 aliphatic rings. The fraction of sp³-hybridized carbons (Fsp3) is 0.379. The van der Waals surface area contributed by atoms with Crippen LogP contribution in [0.25, 0.3) is 0 Å². The molecule has 0 radical (unpaired) electrons. The van der Waals surface area contributed by atoms with Crippen molar-refractivity contribution < 1.29 is 24.2 Å². The van der Waals surface area contributed by atoms with Gasteiger partial charge in [-0.05, 0) is 62.6 Å². The number of rotatable bonds is 4. The quantitative estimate of drug-likeness (QED) is 0.551. The SMILES string of the molecule is COc1ccccc1C1CC(=O)C2=C(C1)NC(C)=C(C(=O)O[C@H]1CCNC1)C2.Cc1cccc(O)c1. The summed E-state index contributed by atoms with van der Waals surface area (Å²) in [6, 6.07) is 15.0. The summed E-state index contributed by atoms with van der Waals surface area (Å²) >= 11 is 0. The molecule has 0 saturated carbocycles. The molecule has 0 spiro atoms. The summed E-state index contributed by atoms with van der Waals surface area (Å²) in [5, 5.41) is 15.3. The molecule has 1 saturated heterocycles. The van der Waals surface area contributed by atoms with E-state index in [-0.39, 0.29) is 23.8 Å². The monoisotopic (exact) mass is 490 g/mol. The highest BCUT2D eigenvalue weighted by Gasteiger charge is 2.35. The zero-order valence-corrected chi connectivity index (χ0v) is 21.1. The number of allylic oxidation sites excluding steroid dienone is 3. The summed E-state index contributed by atoms with van der Waals surface area (Å²) in [6.07, 6.45) is 2.26. The first kappa shape index (κ1) is 25.5. The standard InChI is InChI=1S/C22H26N2O4.C7H8O/c1-13-17(22(26)28-15-7-8-23-12-15)11-18-19(24-13)9-14(10-20(18)25)16-5-3-4-6-21(16)27-2;1-6-3-2-4-7(8)5-6/h3-6,14-15,23-24H,7-12H2,1-2H3;2-5,8H,1H3/t14?,15-;/m0./s1. The first-order valence-corrected chi connectivity index (χ1v) is 12.4. The van der Waals surface area contributed by atoms with Gasteiger partial charge in [-0.15, -0.1) is 0 Å². The number of carbonyl (C=O) groups is 2. The molecule has 0 bridgehead atoms. The number of ketones is 1. The molecule has 190 valence electrons. The Kier molecular flexibility index (Phi) is 8.10.